The van der Waals surface area contributed by atoms with Crippen LogP contribution in [0.5, 0.6) is 0 Å². The number of nitrogens with zero attached hydrogens (tertiary/aromatic N) is 1. The molecule has 0 bridgehead atoms. The molecule has 0 aliphatic heterocycles. The van der Waals surface area contributed by atoms with Crippen molar-refractivity contribution in [1.82, 2.24) is 10.3 Å². The average Bonchev–Trinajstić information content (AvgIpc) is 2.24. The van der Waals surface area contributed by atoms with Crippen molar-refractivity contribution in [3.63, 3.8) is 0 Å². The van der Waals surface area contributed by atoms with E-state index in [1.165, 1.54) is 6.20 Å². The lowest BCUT2D eigenvalue weighted by Gasteiger charge is -2.05. The number of nitrogens with one attached hydrogen (secondary N) is 1. The zero-order valence-electron chi connectivity index (χ0n) is 8.88. The number of rotatable bonds is 4. The molecule has 2 nitrogen and oxygen atoms in total. The molecule has 1 heterocycles. The highest BCUT2D eigenvalue weighted by Gasteiger charge is 2.30. The average molecular weight is 230 g/mol. The summed E-state index contributed by atoms with van der Waals surface area (Å²) in [4.78, 5) is 3.84. The normalized spacial score (nSPS) is 12.2. The van der Waals surface area contributed by atoms with Gasteiger partial charge in [-0.1, -0.05) is 6.08 Å². The van der Waals surface area contributed by atoms with Gasteiger partial charge in [-0.15, -0.1) is 0 Å². The van der Waals surface area contributed by atoms with E-state index in [0.29, 0.717) is 5.69 Å². The summed E-state index contributed by atoms with van der Waals surface area (Å²) in [6.45, 7) is 0.787. The van der Waals surface area contributed by atoms with E-state index in [9.17, 15) is 13.2 Å². The number of halogens is 3. The van der Waals surface area contributed by atoms with Crippen LogP contribution in [0.4, 0.5) is 13.2 Å². The summed E-state index contributed by atoms with van der Waals surface area (Å²) < 4.78 is 37.0. The largest absolute Gasteiger partial charge is 0.416 e. The lowest BCUT2D eigenvalue weighted by atomic mass is 10.2. The molecule has 0 saturated heterocycles. The van der Waals surface area contributed by atoms with E-state index in [4.69, 9.17) is 0 Å². The molecule has 0 aliphatic carbocycles. The second-order valence-corrected chi connectivity index (χ2v) is 3.26. The standard InChI is InChI=1S/C11H13F3N2/c1-15-6-3-2-4-10-8-9(5-7-16-10)11(12,13)14/h2,4-5,7-8,15H,3,6H2,1H3. The first-order valence-corrected chi connectivity index (χ1v) is 4.88. The zero-order chi connectivity index (χ0) is 12.0. The molecule has 88 valence electrons. The van der Waals surface area contributed by atoms with Crippen LogP contribution in [0.3, 0.4) is 0 Å². The number of aromatic nitrogens is 1. The van der Waals surface area contributed by atoms with E-state index >= 15 is 0 Å². The minimum atomic E-state index is -4.31. The zero-order valence-corrected chi connectivity index (χ0v) is 8.88. The molecule has 1 rings (SSSR count). The van der Waals surface area contributed by atoms with Gasteiger partial charge in [0.25, 0.3) is 0 Å². The van der Waals surface area contributed by atoms with Crippen molar-refractivity contribution in [2.75, 3.05) is 13.6 Å². The molecule has 0 spiro atoms. The summed E-state index contributed by atoms with van der Waals surface area (Å²) >= 11 is 0. The molecule has 1 aromatic rings. The molecule has 0 fully saturated rings. The first-order valence-electron chi connectivity index (χ1n) is 4.88. The van der Waals surface area contributed by atoms with Crippen molar-refractivity contribution in [2.24, 2.45) is 0 Å². The summed E-state index contributed by atoms with van der Waals surface area (Å²) in [5, 5.41) is 2.94. The molecule has 0 radical (unpaired) electrons. The number of pyridine rings is 1. The molecule has 1 N–H and O–H groups in total. The summed E-state index contributed by atoms with van der Waals surface area (Å²) in [5.41, 5.74) is -0.346. The third-order valence-electron chi connectivity index (χ3n) is 1.96. The van der Waals surface area contributed by atoms with E-state index < -0.39 is 11.7 Å². The molecule has 0 saturated carbocycles. The molecule has 5 heteroatoms. The van der Waals surface area contributed by atoms with Gasteiger partial charge in [0.1, 0.15) is 0 Å². The second kappa shape index (κ2) is 5.65. The SMILES string of the molecule is CNCCC=Cc1cc(C(F)(F)F)ccn1. The maximum atomic E-state index is 12.3. The molecule has 0 aromatic carbocycles. The third kappa shape index (κ3) is 4.02. The fraction of sp³-hybridized carbons (Fsp3) is 0.364. The highest BCUT2D eigenvalue weighted by molar-refractivity contribution is 5.45. The first-order chi connectivity index (χ1) is 7.54. The Bertz CT molecular complexity index is 358. The molecule has 16 heavy (non-hydrogen) atoms. The Morgan fingerprint density at radius 3 is 2.81 bits per heavy atom. The molecule has 0 amide bonds. The van der Waals surface area contributed by atoms with Crippen LogP contribution in [0.1, 0.15) is 17.7 Å². The van der Waals surface area contributed by atoms with Gasteiger partial charge in [-0.2, -0.15) is 13.2 Å². The predicted molar refractivity (Wildman–Crippen MR) is 56.8 cm³/mol. The van der Waals surface area contributed by atoms with Crippen LogP contribution in [0.25, 0.3) is 6.08 Å². The lowest BCUT2D eigenvalue weighted by molar-refractivity contribution is -0.137. The van der Waals surface area contributed by atoms with E-state index in [0.717, 1.165) is 25.1 Å². The van der Waals surface area contributed by atoms with E-state index in [-0.39, 0.29) is 0 Å². The van der Waals surface area contributed by atoms with E-state index in [1.54, 1.807) is 12.2 Å². The van der Waals surface area contributed by atoms with Crippen LogP contribution >= 0.6 is 0 Å². The lowest BCUT2D eigenvalue weighted by Crippen LogP contribution is -2.06. The van der Waals surface area contributed by atoms with E-state index in [2.05, 4.69) is 10.3 Å². The van der Waals surface area contributed by atoms with Gasteiger partial charge in [0.15, 0.2) is 0 Å². The molecular formula is C11H13F3N2. The Morgan fingerprint density at radius 2 is 2.19 bits per heavy atom. The maximum Gasteiger partial charge on any atom is 0.416 e. The van der Waals surface area contributed by atoms with Gasteiger partial charge >= 0.3 is 6.18 Å². The second-order valence-electron chi connectivity index (χ2n) is 3.26. The predicted octanol–water partition coefficient (Wildman–Crippen LogP) is 2.72. The van der Waals surface area contributed by atoms with Gasteiger partial charge in [-0.05, 0) is 38.2 Å². The summed E-state index contributed by atoms with van der Waals surface area (Å²) in [6.07, 6.45) is 0.997. The quantitative estimate of drug-likeness (QED) is 0.804. The van der Waals surface area contributed by atoms with Crippen molar-refractivity contribution < 1.29 is 13.2 Å². The Hall–Kier alpha value is -1.36. The highest BCUT2D eigenvalue weighted by Crippen LogP contribution is 2.29. The van der Waals surface area contributed by atoms with Crippen LogP contribution in [0, 0.1) is 0 Å². The fourth-order valence-electron chi connectivity index (χ4n) is 1.15. The smallest absolute Gasteiger partial charge is 0.319 e. The van der Waals surface area contributed by atoms with Gasteiger partial charge in [0, 0.05) is 6.20 Å². The van der Waals surface area contributed by atoms with Crippen molar-refractivity contribution in [2.45, 2.75) is 12.6 Å². The minimum absolute atomic E-state index is 0.325. The number of alkyl halides is 3. The van der Waals surface area contributed by atoms with Crippen molar-refractivity contribution in [3.05, 3.63) is 35.7 Å². The highest BCUT2D eigenvalue weighted by atomic mass is 19.4. The summed E-state index contributed by atoms with van der Waals surface area (Å²) in [5.74, 6) is 0. The molecule has 0 atom stereocenters. The molecule has 0 aliphatic rings. The van der Waals surface area contributed by atoms with Gasteiger partial charge in [-0.25, -0.2) is 0 Å². The van der Waals surface area contributed by atoms with Crippen LogP contribution < -0.4 is 5.32 Å². The van der Waals surface area contributed by atoms with Crippen LogP contribution in [0.2, 0.25) is 0 Å². The Kier molecular flexibility index (Phi) is 4.49. The number of hydrogen-bond acceptors (Lipinski definition) is 2. The monoisotopic (exact) mass is 230 g/mol. The van der Waals surface area contributed by atoms with Gasteiger partial charge in [0.2, 0.25) is 0 Å². The number of hydrogen-bond donors (Lipinski definition) is 1. The van der Waals surface area contributed by atoms with Gasteiger partial charge in [-0.3, -0.25) is 4.98 Å². The molecule has 1 aromatic heterocycles. The molecular weight excluding hydrogens is 217 g/mol. The van der Waals surface area contributed by atoms with Crippen LogP contribution in [-0.4, -0.2) is 18.6 Å². The summed E-state index contributed by atoms with van der Waals surface area (Å²) in [7, 11) is 1.82. The summed E-state index contributed by atoms with van der Waals surface area (Å²) in [6, 6.07) is 2.00. The van der Waals surface area contributed by atoms with Crippen molar-refractivity contribution >= 4 is 6.08 Å². The topological polar surface area (TPSA) is 24.9 Å². The van der Waals surface area contributed by atoms with Crippen molar-refractivity contribution in [3.8, 4) is 0 Å². The van der Waals surface area contributed by atoms with Crippen LogP contribution in [0.15, 0.2) is 24.4 Å². The van der Waals surface area contributed by atoms with Gasteiger partial charge < -0.3 is 5.32 Å². The van der Waals surface area contributed by atoms with Crippen LogP contribution in [-0.2, 0) is 6.18 Å². The van der Waals surface area contributed by atoms with Gasteiger partial charge in [0.05, 0.1) is 11.3 Å². The minimum Gasteiger partial charge on any atom is -0.319 e. The Labute approximate surface area is 92.2 Å². The fourth-order valence-corrected chi connectivity index (χ4v) is 1.15. The Morgan fingerprint density at radius 1 is 1.44 bits per heavy atom. The van der Waals surface area contributed by atoms with E-state index in [1.807, 2.05) is 7.05 Å². The van der Waals surface area contributed by atoms with Crippen molar-refractivity contribution in [1.29, 1.82) is 0 Å². The first kappa shape index (κ1) is 12.7. The Balaban J connectivity index is 2.71. The molecule has 0 unspecified atom stereocenters. The third-order valence-corrected chi connectivity index (χ3v) is 1.96. The maximum absolute atomic E-state index is 12.3.